The van der Waals surface area contributed by atoms with E-state index in [1.807, 2.05) is 28.7 Å². The summed E-state index contributed by atoms with van der Waals surface area (Å²) in [7, 11) is 0. The van der Waals surface area contributed by atoms with Crippen molar-refractivity contribution in [3.8, 4) is 0 Å². The molecule has 0 saturated heterocycles. The van der Waals surface area contributed by atoms with Crippen LogP contribution in [0.3, 0.4) is 0 Å². The van der Waals surface area contributed by atoms with Gasteiger partial charge in [-0.1, -0.05) is 12.1 Å². The third-order valence-corrected chi connectivity index (χ3v) is 2.53. The normalized spacial score (nSPS) is 11.5. The molecule has 0 bridgehead atoms. The predicted octanol–water partition coefficient (Wildman–Crippen LogP) is 1.64. The molecule has 0 saturated carbocycles. The molecule has 1 N–H and O–H groups in total. The zero-order valence-corrected chi connectivity index (χ0v) is 8.20. The van der Waals surface area contributed by atoms with E-state index in [0.29, 0.717) is 5.75 Å². The van der Waals surface area contributed by atoms with E-state index in [1.165, 1.54) is 0 Å². The second-order valence-corrected chi connectivity index (χ2v) is 3.37. The summed E-state index contributed by atoms with van der Waals surface area (Å²) in [6.45, 7) is 0. The lowest BCUT2D eigenvalue weighted by Gasteiger charge is -1.92. The van der Waals surface area contributed by atoms with Gasteiger partial charge in [0, 0.05) is 0 Å². The summed E-state index contributed by atoms with van der Waals surface area (Å²) < 4.78 is 1.99. The van der Waals surface area contributed by atoms with Crippen molar-refractivity contribution in [1.82, 2.24) is 19.6 Å². The number of H-pyrrole nitrogens is 1. The van der Waals surface area contributed by atoms with Gasteiger partial charge in [0.15, 0.2) is 0 Å². The number of rotatable bonds is 1. The van der Waals surface area contributed by atoms with Crippen molar-refractivity contribution < 1.29 is 0 Å². The van der Waals surface area contributed by atoms with Crippen molar-refractivity contribution in [2.24, 2.45) is 0 Å². The summed E-state index contributed by atoms with van der Waals surface area (Å²) in [4.78, 5) is 4.39. The molecule has 70 valence electrons. The molecule has 0 aliphatic carbocycles. The third-order valence-electron chi connectivity index (χ3n) is 2.25. The number of nitrogens with one attached hydrogen (secondary N) is 1. The van der Waals surface area contributed by atoms with Gasteiger partial charge >= 0.3 is 0 Å². The molecule has 0 fully saturated rings. The molecule has 0 aliphatic heterocycles. The molecule has 2 aromatic heterocycles. The van der Waals surface area contributed by atoms with Crippen LogP contribution in [-0.2, 0) is 5.75 Å². The SMILES string of the molecule is SCc1n[nH]c2nc3ccccc3n12. The number of hydrogen-bond acceptors (Lipinski definition) is 3. The van der Waals surface area contributed by atoms with Gasteiger partial charge in [0.05, 0.1) is 16.8 Å². The Kier molecular flexibility index (Phi) is 1.55. The van der Waals surface area contributed by atoms with Gasteiger partial charge in [0.2, 0.25) is 5.78 Å². The molecule has 0 amide bonds. The van der Waals surface area contributed by atoms with Gasteiger partial charge in [0.25, 0.3) is 0 Å². The van der Waals surface area contributed by atoms with Crippen molar-refractivity contribution in [1.29, 1.82) is 0 Å². The minimum Gasteiger partial charge on any atom is -0.262 e. The molecule has 5 heteroatoms. The van der Waals surface area contributed by atoms with Crippen LogP contribution in [-0.4, -0.2) is 19.6 Å². The Morgan fingerprint density at radius 3 is 3.07 bits per heavy atom. The predicted molar refractivity (Wildman–Crippen MR) is 57.5 cm³/mol. The first kappa shape index (κ1) is 7.87. The Morgan fingerprint density at radius 2 is 2.21 bits per heavy atom. The van der Waals surface area contributed by atoms with Crippen molar-refractivity contribution in [2.75, 3.05) is 0 Å². The van der Waals surface area contributed by atoms with E-state index >= 15 is 0 Å². The average Bonchev–Trinajstić information content (AvgIpc) is 2.75. The summed E-state index contributed by atoms with van der Waals surface area (Å²) in [5.41, 5.74) is 2.05. The Hall–Kier alpha value is -1.49. The van der Waals surface area contributed by atoms with E-state index in [4.69, 9.17) is 0 Å². The zero-order chi connectivity index (χ0) is 9.54. The van der Waals surface area contributed by atoms with Crippen molar-refractivity contribution in [2.45, 2.75) is 5.75 Å². The van der Waals surface area contributed by atoms with Crippen LogP contribution in [0.5, 0.6) is 0 Å². The monoisotopic (exact) mass is 204 g/mol. The number of nitrogens with zero attached hydrogens (tertiary/aromatic N) is 3. The van der Waals surface area contributed by atoms with Crippen LogP contribution < -0.4 is 0 Å². The van der Waals surface area contributed by atoms with Crippen LogP contribution >= 0.6 is 12.6 Å². The highest BCUT2D eigenvalue weighted by molar-refractivity contribution is 7.79. The van der Waals surface area contributed by atoms with Crippen molar-refractivity contribution in [3.63, 3.8) is 0 Å². The number of hydrogen-bond donors (Lipinski definition) is 2. The molecule has 0 unspecified atom stereocenters. The summed E-state index contributed by atoms with van der Waals surface area (Å²) in [6.07, 6.45) is 0. The number of aromatic nitrogens is 4. The third kappa shape index (κ3) is 0.899. The molecule has 1 aromatic carbocycles. The number of imidazole rings is 1. The number of thiol groups is 1. The maximum Gasteiger partial charge on any atom is 0.230 e. The molecular formula is C9H8N4S. The Bertz CT molecular complexity index is 595. The fourth-order valence-corrected chi connectivity index (χ4v) is 1.84. The van der Waals surface area contributed by atoms with E-state index in [1.54, 1.807) is 0 Å². The van der Waals surface area contributed by atoms with Crippen LogP contribution in [0.1, 0.15) is 5.82 Å². The van der Waals surface area contributed by atoms with Crippen LogP contribution in [0.15, 0.2) is 24.3 Å². The van der Waals surface area contributed by atoms with Crippen LogP contribution in [0.2, 0.25) is 0 Å². The maximum absolute atomic E-state index is 4.39. The first-order valence-electron chi connectivity index (χ1n) is 4.31. The van der Waals surface area contributed by atoms with Crippen LogP contribution in [0.25, 0.3) is 16.8 Å². The molecule has 0 aliphatic rings. The van der Waals surface area contributed by atoms with E-state index in [-0.39, 0.29) is 0 Å². The highest BCUT2D eigenvalue weighted by atomic mass is 32.1. The molecular weight excluding hydrogens is 196 g/mol. The molecule has 14 heavy (non-hydrogen) atoms. The summed E-state index contributed by atoms with van der Waals surface area (Å²) >= 11 is 4.22. The number of aromatic amines is 1. The molecule has 0 radical (unpaired) electrons. The highest BCUT2D eigenvalue weighted by Crippen LogP contribution is 2.16. The Balaban J connectivity index is 2.54. The second-order valence-electron chi connectivity index (χ2n) is 3.06. The van der Waals surface area contributed by atoms with Crippen LogP contribution in [0, 0.1) is 0 Å². The zero-order valence-electron chi connectivity index (χ0n) is 7.31. The minimum absolute atomic E-state index is 0.598. The van der Waals surface area contributed by atoms with Gasteiger partial charge < -0.3 is 0 Å². The fraction of sp³-hybridized carbons (Fsp3) is 0.111. The van der Waals surface area contributed by atoms with Gasteiger partial charge in [-0.2, -0.15) is 17.7 Å². The maximum atomic E-state index is 4.39. The average molecular weight is 204 g/mol. The Morgan fingerprint density at radius 1 is 1.36 bits per heavy atom. The lowest BCUT2D eigenvalue weighted by Crippen LogP contribution is -1.88. The van der Waals surface area contributed by atoms with Gasteiger partial charge in [0.1, 0.15) is 5.82 Å². The second kappa shape index (κ2) is 2.75. The van der Waals surface area contributed by atoms with E-state index in [0.717, 1.165) is 22.6 Å². The minimum atomic E-state index is 0.598. The summed E-state index contributed by atoms with van der Waals surface area (Å²) in [5, 5.41) is 7.00. The summed E-state index contributed by atoms with van der Waals surface area (Å²) in [5.74, 6) is 2.26. The number of fused-ring (bicyclic) bond motifs is 3. The van der Waals surface area contributed by atoms with E-state index in [9.17, 15) is 0 Å². The number of para-hydroxylation sites is 2. The molecule has 4 nitrogen and oxygen atoms in total. The van der Waals surface area contributed by atoms with Crippen molar-refractivity contribution in [3.05, 3.63) is 30.1 Å². The van der Waals surface area contributed by atoms with Gasteiger partial charge in [-0.25, -0.2) is 10.1 Å². The summed E-state index contributed by atoms with van der Waals surface area (Å²) in [6, 6.07) is 7.98. The first-order valence-corrected chi connectivity index (χ1v) is 4.94. The Labute approximate surface area is 85.4 Å². The van der Waals surface area contributed by atoms with E-state index < -0.39 is 0 Å². The number of benzene rings is 1. The first-order chi connectivity index (χ1) is 6.90. The fourth-order valence-electron chi connectivity index (χ4n) is 1.63. The van der Waals surface area contributed by atoms with Gasteiger partial charge in [-0.05, 0) is 12.1 Å². The standard InChI is InChI=1S/C9H8N4S/c14-5-8-11-12-9-10-6-3-1-2-4-7(6)13(8)9/h1-4,14H,5H2,(H,10,12). The van der Waals surface area contributed by atoms with Crippen LogP contribution in [0.4, 0.5) is 0 Å². The smallest absolute Gasteiger partial charge is 0.230 e. The van der Waals surface area contributed by atoms with Gasteiger partial charge in [-0.3, -0.25) is 4.40 Å². The van der Waals surface area contributed by atoms with Gasteiger partial charge in [-0.15, -0.1) is 0 Å². The molecule has 3 aromatic rings. The lowest BCUT2D eigenvalue weighted by atomic mass is 10.3. The molecule has 0 atom stereocenters. The topological polar surface area (TPSA) is 46.0 Å². The quantitative estimate of drug-likeness (QED) is 0.592. The van der Waals surface area contributed by atoms with E-state index in [2.05, 4.69) is 27.8 Å². The highest BCUT2D eigenvalue weighted by Gasteiger charge is 2.08. The lowest BCUT2D eigenvalue weighted by molar-refractivity contribution is 1.01. The largest absolute Gasteiger partial charge is 0.262 e. The van der Waals surface area contributed by atoms with Crippen molar-refractivity contribution >= 4 is 29.4 Å². The molecule has 3 rings (SSSR count). The molecule has 2 heterocycles. The molecule has 0 spiro atoms.